The summed E-state index contributed by atoms with van der Waals surface area (Å²) >= 11 is 6.17. The predicted octanol–water partition coefficient (Wildman–Crippen LogP) is 3.82. The van der Waals surface area contributed by atoms with Gasteiger partial charge in [-0.3, -0.25) is 0 Å². The molecule has 0 bridgehead atoms. The van der Waals surface area contributed by atoms with Crippen LogP contribution in [0.2, 0.25) is 5.15 Å². The first-order valence-corrected chi connectivity index (χ1v) is 6.08. The molecule has 3 rings (SSSR count). The summed E-state index contributed by atoms with van der Waals surface area (Å²) in [6, 6.07) is 16.8. The molecule has 3 aromatic rings. The minimum absolute atomic E-state index is 0.435. The van der Waals surface area contributed by atoms with E-state index in [4.69, 9.17) is 16.9 Å². The van der Waals surface area contributed by atoms with E-state index in [-0.39, 0.29) is 0 Å². The molecule has 1 aromatic heterocycles. The molecule has 0 saturated carbocycles. The molecule has 0 aliphatic heterocycles. The van der Waals surface area contributed by atoms with Crippen LogP contribution in [0.5, 0.6) is 0 Å². The van der Waals surface area contributed by atoms with Crippen LogP contribution in [0.15, 0.2) is 48.5 Å². The van der Waals surface area contributed by atoms with E-state index in [1.807, 2.05) is 36.4 Å². The van der Waals surface area contributed by atoms with Crippen molar-refractivity contribution in [3.05, 3.63) is 59.2 Å². The van der Waals surface area contributed by atoms with E-state index in [1.165, 1.54) is 0 Å². The number of fused-ring (bicyclic) bond motifs is 1. The van der Waals surface area contributed by atoms with Gasteiger partial charge in [-0.25, -0.2) is 9.97 Å². The van der Waals surface area contributed by atoms with Gasteiger partial charge in [0.2, 0.25) is 0 Å². The van der Waals surface area contributed by atoms with Crippen molar-refractivity contribution in [1.82, 2.24) is 9.97 Å². The Kier molecular flexibility index (Phi) is 2.86. The Bertz CT molecular complexity index is 789. The number of rotatable bonds is 1. The molecule has 0 amide bonds. The molecular formula is C15H8ClN3. The molecule has 0 fully saturated rings. The lowest BCUT2D eigenvalue weighted by Crippen LogP contribution is -1.91. The number of nitriles is 1. The smallest absolute Gasteiger partial charge is 0.161 e. The number of aromatic nitrogens is 2. The van der Waals surface area contributed by atoms with Crippen molar-refractivity contribution in [1.29, 1.82) is 5.26 Å². The molecule has 0 aliphatic rings. The van der Waals surface area contributed by atoms with E-state index < -0.39 is 0 Å². The maximum absolute atomic E-state index is 8.78. The summed E-state index contributed by atoms with van der Waals surface area (Å²) in [5.74, 6) is 0.563. The van der Waals surface area contributed by atoms with Gasteiger partial charge in [0.25, 0.3) is 0 Å². The molecule has 4 heteroatoms. The highest BCUT2D eigenvalue weighted by Crippen LogP contribution is 2.24. The average Bonchev–Trinajstić information content (AvgIpc) is 2.47. The van der Waals surface area contributed by atoms with Gasteiger partial charge in [-0.2, -0.15) is 5.26 Å². The second-order valence-corrected chi connectivity index (χ2v) is 4.40. The highest BCUT2D eigenvalue weighted by molar-refractivity contribution is 6.34. The van der Waals surface area contributed by atoms with Crippen LogP contribution < -0.4 is 0 Å². The summed E-state index contributed by atoms with van der Waals surface area (Å²) in [4.78, 5) is 8.78. The zero-order chi connectivity index (χ0) is 13.2. The van der Waals surface area contributed by atoms with Gasteiger partial charge in [-0.1, -0.05) is 23.7 Å². The molecule has 0 atom stereocenters. The fourth-order valence-electron chi connectivity index (χ4n) is 1.86. The Morgan fingerprint density at radius 2 is 1.68 bits per heavy atom. The lowest BCUT2D eigenvalue weighted by Gasteiger charge is -2.04. The summed E-state index contributed by atoms with van der Waals surface area (Å²) in [6.45, 7) is 0. The maximum Gasteiger partial charge on any atom is 0.161 e. The van der Waals surface area contributed by atoms with Gasteiger partial charge < -0.3 is 0 Å². The number of hydrogen-bond acceptors (Lipinski definition) is 3. The van der Waals surface area contributed by atoms with E-state index in [0.717, 1.165) is 16.5 Å². The highest BCUT2D eigenvalue weighted by atomic mass is 35.5. The van der Waals surface area contributed by atoms with E-state index in [1.54, 1.807) is 12.1 Å². The van der Waals surface area contributed by atoms with Crippen molar-refractivity contribution in [2.45, 2.75) is 0 Å². The van der Waals surface area contributed by atoms with Gasteiger partial charge in [-0.15, -0.1) is 0 Å². The fraction of sp³-hybridized carbons (Fsp3) is 0. The average molecular weight is 266 g/mol. The van der Waals surface area contributed by atoms with Gasteiger partial charge in [-0.05, 0) is 36.4 Å². The Balaban J connectivity index is 2.17. The summed E-state index contributed by atoms with van der Waals surface area (Å²) in [5, 5.41) is 10.1. The second-order valence-electron chi connectivity index (χ2n) is 4.04. The van der Waals surface area contributed by atoms with Crippen LogP contribution in [0, 0.1) is 11.3 Å². The molecule has 2 aromatic carbocycles. The molecule has 0 unspecified atom stereocenters. The number of benzene rings is 2. The van der Waals surface area contributed by atoms with Crippen LogP contribution in [0.1, 0.15) is 5.56 Å². The van der Waals surface area contributed by atoms with Crippen LogP contribution in [0.3, 0.4) is 0 Å². The van der Waals surface area contributed by atoms with Crippen molar-refractivity contribution in [3.63, 3.8) is 0 Å². The van der Waals surface area contributed by atoms with E-state index in [9.17, 15) is 0 Å². The van der Waals surface area contributed by atoms with Gasteiger partial charge in [0.15, 0.2) is 5.82 Å². The Hall–Kier alpha value is -2.44. The quantitative estimate of drug-likeness (QED) is 0.629. The lowest BCUT2D eigenvalue weighted by molar-refractivity contribution is 1.23. The number of nitrogens with zero attached hydrogens (tertiary/aromatic N) is 3. The largest absolute Gasteiger partial charge is 0.228 e. The van der Waals surface area contributed by atoms with Gasteiger partial charge in [0.1, 0.15) is 5.15 Å². The van der Waals surface area contributed by atoms with Gasteiger partial charge in [0.05, 0.1) is 17.1 Å². The van der Waals surface area contributed by atoms with Gasteiger partial charge >= 0.3 is 0 Å². The summed E-state index contributed by atoms with van der Waals surface area (Å²) in [5.41, 5.74) is 2.25. The van der Waals surface area contributed by atoms with Crippen molar-refractivity contribution in [3.8, 4) is 17.5 Å². The maximum atomic E-state index is 8.78. The first-order valence-electron chi connectivity index (χ1n) is 5.71. The first kappa shape index (κ1) is 11.6. The molecule has 19 heavy (non-hydrogen) atoms. The minimum Gasteiger partial charge on any atom is -0.228 e. The van der Waals surface area contributed by atoms with E-state index >= 15 is 0 Å². The second kappa shape index (κ2) is 4.68. The van der Waals surface area contributed by atoms with Crippen molar-refractivity contribution in [2.24, 2.45) is 0 Å². The molecule has 0 radical (unpaired) electrons. The van der Waals surface area contributed by atoms with Crippen LogP contribution in [0.25, 0.3) is 22.3 Å². The number of halogens is 1. The molecule has 90 valence electrons. The molecule has 0 saturated heterocycles. The molecule has 0 spiro atoms. The Morgan fingerprint density at radius 3 is 2.42 bits per heavy atom. The third-order valence-electron chi connectivity index (χ3n) is 2.83. The van der Waals surface area contributed by atoms with Crippen LogP contribution in [-0.4, -0.2) is 9.97 Å². The topological polar surface area (TPSA) is 49.6 Å². The molecular weight excluding hydrogens is 258 g/mol. The number of hydrogen-bond donors (Lipinski definition) is 0. The lowest BCUT2D eigenvalue weighted by atomic mass is 10.1. The zero-order valence-corrected chi connectivity index (χ0v) is 10.6. The highest BCUT2D eigenvalue weighted by Gasteiger charge is 2.07. The normalized spacial score (nSPS) is 10.3. The third-order valence-corrected chi connectivity index (χ3v) is 3.12. The number of para-hydroxylation sites is 1. The molecule has 0 aliphatic carbocycles. The monoisotopic (exact) mass is 265 g/mol. The predicted molar refractivity (Wildman–Crippen MR) is 74.7 cm³/mol. The zero-order valence-electron chi connectivity index (χ0n) is 9.84. The molecule has 3 nitrogen and oxygen atoms in total. The van der Waals surface area contributed by atoms with Crippen LogP contribution >= 0.6 is 11.6 Å². The van der Waals surface area contributed by atoms with Crippen molar-refractivity contribution < 1.29 is 0 Å². The van der Waals surface area contributed by atoms with E-state index in [2.05, 4.69) is 16.0 Å². The summed E-state index contributed by atoms with van der Waals surface area (Å²) in [6.07, 6.45) is 0. The molecule has 0 N–H and O–H groups in total. The third kappa shape index (κ3) is 2.14. The first-order chi connectivity index (χ1) is 9.28. The minimum atomic E-state index is 0.435. The van der Waals surface area contributed by atoms with Crippen molar-refractivity contribution in [2.75, 3.05) is 0 Å². The standard InChI is InChI=1S/C15H8ClN3/c16-14-12-3-1-2-4-13(12)18-15(19-14)11-7-5-10(9-17)6-8-11/h1-8H. The Morgan fingerprint density at radius 1 is 0.947 bits per heavy atom. The van der Waals surface area contributed by atoms with Gasteiger partial charge in [0, 0.05) is 10.9 Å². The summed E-state index contributed by atoms with van der Waals surface area (Å²) in [7, 11) is 0. The van der Waals surface area contributed by atoms with Crippen LogP contribution in [-0.2, 0) is 0 Å². The summed E-state index contributed by atoms with van der Waals surface area (Å²) < 4.78 is 0. The van der Waals surface area contributed by atoms with E-state index in [0.29, 0.717) is 16.5 Å². The van der Waals surface area contributed by atoms with Crippen LogP contribution in [0.4, 0.5) is 0 Å². The van der Waals surface area contributed by atoms with Crippen molar-refractivity contribution >= 4 is 22.5 Å². The Labute approximate surface area is 115 Å². The fourth-order valence-corrected chi connectivity index (χ4v) is 2.10. The SMILES string of the molecule is N#Cc1ccc(-c2nc(Cl)c3ccccc3n2)cc1. The molecule has 1 heterocycles.